The Morgan fingerprint density at radius 3 is 2.89 bits per heavy atom. The molecule has 0 spiro atoms. The van der Waals surface area contributed by atoms with Crippen LogP contribution in [0, 0.1) is 6.92 Å². The number of pyridine rings is 1. The second-order valence-corrected chi connectivity index (χ2v) is 5.43. The fourth-order valence-electron chi connectivity index (χ4n) is 2.54. The summed E-state index contributed by atoms with van der Waals surface area (Å²) in [5, 5.41) is 9.80. The predicted molar refractivity (Wildman–Crippen MR) is 73.0 cm³/mol. The number of aliphatic hydroxyl groups excluding tert-OH is 1. The molecule has 104 valence electrons. The van der Waals surface area contributed by atoms with Crippen LogP contribution in [0.5, 0.6) is 0 Å². The Morgan fingerprint density at radius 1 is 1.53 bits per heavy atom. The fraction of sp³-hybridized carbons (Fsp3) is 0.571. The van der Waals surface area contributed by atoms with E-state index in [1.807, 2.05) is 38.1 Å². The maximum atomic E-state index is 12.5. The highest BCUT2D eigenvalue weighted by atomic mass is 16.3. The van der Waals surface area contributed by atoms with E-state index in [0.29, 0.717) is 18.7 Å². The van der Waals surface area contributed by atoms with E-state index in [-0.39, 0.29) is 11.9 Å². The lowest BCUT2D eigenvalue weighted by molar-refractivity contribution is 0.0693. The van der Waals surface area contributed by atoms with Gasteiger partial charge >= 0.3 is 0 Å². The number of likely N-dealkylation sites (N-methyl/N-ethyl adjacent to an activating group) is 1. The van der Waals surface area contributed by atoms with Crippen LogP contribution in [-0.2, 0) is 0 Å². The number of rotatable bonds is 3. The third kappa shape index (κ3) is 3.30. The molecule has 1 fully saturated rings. The standard InChI is InChI=1S/C14H21N3O2/c1-10-5-4-6-13(15-10)14(19)17-9-12(18)7-11(17)8-16(2)3/h4-6,11-12,18H,7-9H2,1-3H3. The first-order chi connectivity index (χ1) is 8.97. The molecule has 1 amide bonds. The summed E-state index contributed by atoms with van der Waals surface area (Å²) in [4.78, 5) is 20.5. The maximum Gasteiger partial charge on any atom is 0.272 e. The first-order valence-corrected chi connectivity index (χ1v) is 6.55. The quantitative estimate of drug-likeness (QED) is 0.864. The third-order valence-corrected chi connectivity index (χ3v) is 3.34. The molecule has 19 heavy (non-hydrogen) atoms. The van der Waals surface area contributed by atoms with Crippen molar-refractivity contribution in [1.82, 2.24) is 14.8 Å². The first kappa shape index (κ1) is 14.0. The van der Waals surface area contributed by atoms with E-state index >= 15 is 0 Å². The Labute approximate surface area is 113 Å². The number of nitrogens with zero attached hydrogens (tertiary/aromatic N) is 3. The third-order valence-electron chi connectivity index (χ3n) is 3.34. The number of β-amino-alcohol motifs (C(OH)–C–C–N with tert-alkyl or cyclic N) is 1. The number of hydrogen-bond acceptors (Lipinski definition) is 4. The van der Waals surface area contributed by atoms with Gasteiger partial charge in [0.05, 0.1) is 6.10 Å². The highest BCUT2D eigenvalue weighted by molar-refractivity contribution is 5.92. The summed E-state index contributed by atoms with van der Waals surface area (Å²) in [5.41, 5.74) is 1.28. The van der Waals surface area contributed by atoms with Crippen molar-refractivity contribution >= 4 is 5.91 Å². The lowest BCUT2D eigenvalue weighted by Gasteiger charge is -2.26. The zero-order valence-electron chi connectivity index (χ0n) is 11.7. The van der Waals surface area contributed by atoms with Crippen LogP contribution < -0.4 is 0 Å². The molecule has 5 nitrogen and oxygen atoms in total. The van der Waals surface area contributed by atoms with E-state index < -0.39 is 6.10 Å². The van der Waals surface area contributed by atoms with Crippen LogP contribution in [0.4, 0.5) is 0 Å². The molecule has 0 aliphatic carbocycles. The largest absolute Gasteiger partial charge is 0.391 e. The average Bonchev–Trinajstić information content (AvgIpc) is 2.68. The van der Waals surface area contributed by atoms with Crippen molar-refractivity contribution in [2.45, 2.75) is 25.5 Å². The van der Waals surface area contributed by atoms with Gasteiger partial charge < -0.3 is 14.9 Å². The number of likely N-dealkylation sites (tertiary alicyclic amines) is 1. The molecular formula is C14H21N3O2. The molecular weight excluding hydrogens is 242 g/mol. The molecule has 0 bridgehead atoms. The second-order valence-electron chi connectivity index (χ2n) is 5.43. The molecule has 2 heterocycles. The summed E-state index contributed by atoms with van der Waals surface area (Å²) >= 11 is 0. The topological polar surface area (TPSA) is 56.7 Å². The van der Waals surface area contributed by atoms with Gasteiger partial charge in [-0.15, -0.1) is 0 Å². The summed E-state index contributed by atoms with van der Waals surface area (Å²) < 4.78 is 0. The molecule has 1 aliphatic heterocycles. The lowest BCUT2D eigenvalue weighted by atomic mass is 10.2. The van der Waals surface area contributed by atoms with Gasteiger partial charge in [0.2, 0.25) is 0 Å². The Kier molecular flexibility index (Phi) is 4.17. The van der Waals surface area contributed by atoms with Crippen LogP contribution in [0.3, 0.4) is 0 Å². The van der Waals surface area contributed by atoms with Gasteiger partial charge in [0.25, 0.3) is 5.91 Å². The minimum absolute atomic E-state index is 0.0554. The summed E-state index contributed by atoms with van der Waals surface area (Å²) in [5.74, 6) is -0.0906. The Bertz CT molecular complexity index is 462. The van der Waals surface area contributed by atoms with E-state index in [2.05, 4.69) is 4.98 Å². The number of carbonyl (C=O) groups excluding carboxylic acids is 1. The lowest BCUT2D eigenvalue weighted by Crippen LogP contribution is -2.41. The van der Waals surface area contributed by atoms with Gasteiger partial charge in [-0.25, -0.2) is 4.98 Å². The van der Waals surface area contributed by atoms with Gasteiger partial charge in [-0.1, -0.05) is 6.07 Å². The zero-order chi connectivity index (χ0) is 14.0. The summed E-state index contributed by atoms with van der Waals surface area (Å²) in [7, 11) is 3.94. The minimum atomic E-state index is -0.432. The van der Waals surface area contributed by atoms with Crippen molar-refractivity contribution in [1.29, 1.82) is 0 Å². The average molecular weight is 263 g/mol. The van der Waals surface area contributed by atoms with Crippen molar-refractivity contribution in [2.24, 2.45) is 0 Å². The molecule has 2 rings (SSSR count). The summed E-state index contributed by atoms with van der Waals surface area (Å²) in [6.07, 6.45) is 0.203. The van der Waals surface area contributed by atoms with Gasteiger partial charge in [-0.2, -0.15) is 0 Å². The van der Waals surface area contributed by atoms with E-state index in [0.717, 1.165) is 12.2 Å². The van der Waals surface area contributed by atoms with E-state index in [9.17, 15) is 9.90 Å². The number of hydrogen-bond donors (Lipinski definition) is 1. The van der Waals surface area contributed by atoms with Crippen molar-refractivity contribution in [2.75, 3.05) is 27.2 Å². The van der Waals surface area contributed by atoms with Crippen LogP contribution >= 0.6 is 0 Å². The molecule has 1 saturated heterocycles. The molecule has 1 aromatic rings. The van der Waals surface area contributed by atoms with Gasteiger partial charge in [0, 0.05) is 24.8 Å². The molecule has 0 radical (unpaired) electrons. The fourth-order valence-corrected chi connectivity index (χ4v) is 2.54. The Balaban J connectivity index is 2.17. The van der Waals surface area contributed by atoms with Crippen LogP contribution in [-0.4, -0.2) is 65.1 Å². The molecule has 1 N–H and O–H groups in total. The molecule has 2 unspecified atom stereocenters. The molecule has 1 aliphatic rings. The Morgan fingerprint density at radius 2 is 2.26 bits per heavy atom. The second kappa shape index (κ2) is 5.67. The monoisotopic (exact) mass is 263 g/mol. The number of aryl methyl sites for hydroxylation is 1. The molecule has 0 aromatic carbocycles. The van der Waals surface area contributed by atoms with Crippen LogP contribution in [0.15, 0.2) is 18.2 Å². The first-order valence-electron chi connectivity index (χ1n) is 6.55. The highest BCUT2D eigenvalue weighted by Gasteiger charge is 2.35. The van der Waals surface area contributed by atoms with Crippen molar-refractivity contribution in [3.05, 3.63) is 29.6 Å². The van der Waals surface area contributed by atoms with E-state index in [4.69, 9.17) is 0 Å². The highest BCUT2D eigenvalue weighted by Crippen LogP contribution is 2.20. The minimum Gasteiger partial charge on any atom is -0.391 e. The SMILES string of the molecule is Cc1cccc(C(=O)N2CC(O)CC2CN(C)C)n1. The van der Waals surface area contributed by atoms with Gasteiger partial charge in [-0.05, 0) is 39.6 Å². The zero-order valence-corrected chi connectivity index (χ0v) is 11.7. The van der Waals surface area contributed by atoms with Crippen molar-refractivity contribution in [3.63, 3.8) is 0 Å². The number of carbonyl (C=O) groups is 1. The van der Waals surface area contributed by atoms with Gasteiger partial charge in [0.1, 0.15) is 5.69 Å². The van der Waals surface area contributed by atoms with Gasteiger partial charge in [0.15, 0.2) is 0 Å². The van der Waals surface area contributed by atoms with Gasteiger partial charge in [-0.3, -0.25) is 4.79 Å². The van der Waals surface area contributed by atoms with Crippen LogP contribution in [0.2, 0.25) is 0 Å². The van der Waals surface area contributed by atoms with Crippen molar-refractivity contribution < 1.29 is 9.90 Å². The normalized spacial score (nSPS) is 23.1. The molecule has 0 saturated carbocycles. The van der Waals surface area contributed by atoms with Crippen LogP contribution in [0.25, 0.3) is 0 Å². The van der Waals surface area contributed by atoms with E-state index in [1.165, 1.54) is 0 Å². The Hall–Kier alpha value is -1.46. The molecule has 5 heteroatoms. The maximum absolute atomic E-state index is 12.5. The number of aromatic nitrogens is 1. The summed E-state index contributed by atoms with van der Waals surface area (Å²) in [6.45, 7) is 3.02. The number of amides is 1. The predicted octanol–water partition coefficient (Wildman–Crippen LogP) is 0.527. The van der Waals surface area contributed by atoms with Crippen LogP contribution in [0.1, 0.15) is 22.6 Å². The smallest absolute Gasteiger partial charge is 0.272 e. The molecule has 2 atom stereocenters. The summed E-state index contributed by atoms with van der Waals surface area (Å²) in [6, 6.07) is 5.49. The van der Waals surface area contributed by atoms with E-state index in [1.54, 1.807) is 11.0 Å². The number of aliphatic hydroxyl groups is 1. The van der Waals surface area contributed by atoms with Crippen molar-refractivity contribution in [3.8, 4) is 0 Å². The molecule has 1 aromatic heterocycles.